The van der Waals surface area contributed by atoms with Gasteiger partial charge in [-0.25, -0.2) is 4.79 Å². The summed E-state index contributed by atoms with van der Waals surface area (Å²) < 4.78 is 65.6. The largest absolute Gasteiger partial charge is 0.717 e. The number of carbonyl (C=O) groups excluding carboxylic acids is 2. The summed E-state index contributed by atoms with van der Waals surface area (Å²) in [6.07, 6.45) is 0. The van der Waals surface area contributed by atoms with Gasteiger partial charge in [-0.3, -0.25) is 13.9 Å². The van der Waals surface area contributed by atoms with Gasteiger partial charge in [0, 0.05) is 0 Å². The summed E-state index contributed by atoms with van der Waals surface area (Å²) in [7, 11) is -9.00. The molecule has 0 aromatic heterocycles. The number of hydrogen-bond acceptors (Lipinski definition) is 12. The van der Waals surface area contributed by atoms with Crippen LogP contribution in [-0.2, 0) is 55.5 Å². The molecule has 0 amide bonds. The predicted octanol–water partition coefficient (Wildman–Crippen LogP) is 1.92. The van der Waals surface area contributed by atoms with Gasteiger partial charge >= 0.3 is 34.5 Å². The van der Waals surface area contributed by atoms with E-state index in [1.165, 1.54) is 13.8 Å². The van der Waals surface area contributed by atoms with Gasteiger partial charge in [-0.2, -0.15) is 0 Å². The van der Waals surface area contributed by atoms with Crippen LogP contribution in [0.1, 0.15) is 27.7 Å². The summed E-state index contributed by atoms with van der Waals surface area (Å²) in [4.78, 5) is 24.2. The molecule has 1 rings (SSSR count). The molecule has 1 aliphatic heterocycles. The van der Waals surface area contributed by atoms with E-state index in [9.17, 15) is 18.7 Å². The lowest BCUT2D eigenvalue weighted by Gasteiger charge is -2.24. The first-order chi connectivity index (χ1) is 13.2. The zero-order valence-corrected chi connectivity index (χ0v) is 18.1. The van der Waals surface area contributed by atoms with Crippen LogP contribution in [-0.4, -0.2) is 64.5 Å². The molecule has 1 saturated heterocycles. The van der Waals surface area contributed by atoms with Crippen LogP contribution < -0.4 is 0 Å². The van der Waals surface area contributed by atoms with Crippen molar-refractivity contribution in [1.29, 1.82) is 0 Å². The highest BCUT2D eigenvalue weighted by Crippen LogP contribution is 2.57. The fraction of sp³-hybridized carbons (Fsp3) is 0.846. The average Bonchev–Trinajstić information content (AvgIpc) is 3.01. The first-order valence-corrected chi connectivity index (χ1v) is 11.8. The Labute approximate surface area is 163 Å². The molecule has 12 nitrogen and oxygen atoms in total. The van der Waals surface area contributed by atoms with Crippen LogP contribution in [0.5, 0.6) is 0 Å². The van der Waals surface area contributed by atoms with Crippen molar-refractivity contribution in [2.24, 2.45) is 0 Å². The molecular formula is C13H25BO12P2. The van der Waals surface area contributed by atoms with Crippen molar-refractivity contribution in [1.82, 2.24) is 0 Å². The van der Waals surface area contributed by atoms with Crippen LogP contribution in [0.4, 0.5) is 0 Å². The maximum Gasteiger partial charge on any atom is 0.717 e. The summed E-state index contributed by atoms with van der Waals surface area (Å²) in [5.41, 5.74) is 0. The minimum atomic E-state index is -4.16. The highest BCUT2D eigenvalue weighted by Gasteiger charge is 2.57. The summed E-state index contributed by atoms with van der Waals surface area (Å²) in [5, 5.41) is 0. The van der Waals surface area contributed by atoms with E-state index in [-0.39, 0.29) is 26.4 Å². The third-order valence-electron chi connectivity index (χ3n) is 3.11. The molecule has 0 aromatic rings. The zero-order valence-electron chi connectivity index (χ0n) is 16.4. The number of esters is 1. The first kappa shape index (κ1) is 25.3. The van der Waals surface area contributed by atoms with E-state index in [0.717, 1.165) is 7.11 Å². The van der Waals surface area contributed by atoms with Crippen LogP contribution in [0.15, 0.2) is 0 Å². The van der Waals surface area contributed by atoms with Gasteiger partial charge in [-0.1, -0.05) is 0 Å². The van der Waals surface area contributed by atoms with Gasteiger partial charge in [0.2, 0.25) is 11.7 Å². The molecule has 15 heteroatoms. The number of carbonyl (C=O) groups is 2. The predicted molar refractivity (Wildman–Crippen MR) is 95.3 cm³/mol. The maximum absolute atomic E-state index is 12.9. The Hall–Kier alpha value is -0.775. The zero-order chi connectivity index (χ0) is 21.4. The lowest BCUT2D eigenvalue weighted by Crippen LogP contribution is -2.35. The molecule has 2 atom stereocenters. The normalized spacial score (nSPS) is 18.8. The van der Waals surface area contributed by atoms with Crippen LogP contribution in [0.25, 0.3) is 0 Å². The summed E-state index contributed by atoms with van der Waals surface area (Å²) in [6.45, 7) is 5.99. The topological polar surface area (TPSA) is 142 Å². The van der Waals surface area contributed by atoms with Crippen molar-refractivity contribution in [2.75, 3.05) is 33.5 Å². The third-order valence-corrected chi connectivity index (χ3v) is 7.39. The average molecular weight is 446 g/mol. The molecule has 0 saturated carbocycles. The van der Waals surface area contributed by atoms with Crippen LogP contribution in [0.2, 0.25) is 0 Å². The molecule has 1 heterocycles. The lowest BCUT2D eigenvalue weighted by atomic mass is 10.2. The number of methoxy groups -OCH3 is 1. The van der Waals surface area contributed by atoms with E-state index in [2.05, 4.69) is 4.74 Å². The second kappa shape index (κ2) is 11.4. The van der Waals surface area contributed by atoms with Gasteiger partial charge in [0.1, 0.15) is 0 Å². The van der Waals surface area contributed by atoms with E-state index in [1.807, 2.05) is 0 Å². The smallest absolute Gasteiger partial charge is 0.482 e. The Bertz CT molecular complexity index is 609. The molecule has 0 aromatic carbocycles. The molecule has 28 heavy (non-hydrogen) atoms. The highest BCUT2D eigenvalue weighted by atomic mass is 31.2. The minimum Gasteiger partial charge on any atom is -0.482 e. The van der Waals surface area contributed by atoms with Crippen molar-refractivity contribution in [3.05, 3.63) is 0 Å². The fourth-order valence-corrected chi connectivity index (χ4v) is 5.45. The van der Waals surface area contributed by atoms with Gasteiger partial charge in [0.05, 0.1) is 33.5 Å². The maximum atomic E-state index is 12.9. The molecule has 0 radical (unpaired) electrons. The van der Waals surface area contributed by atoms with Crippen molar-refractivity contribution in [3.63, 3.8) is 0 Å². The van der Waals surface area contributed by atoms with Gasteiger partial charge in [0.15, 0.2) is 0 Å². The summed E-state index contributed by atoms with van der Waals surface area (Å²) in [6, 6.07) is 0. The Balaban J connectivity index is 3.05. The quantitative estimate of drug-likeness (QED) is 0.232. The molecule has 1 fully saturated rings. The second-order valence-electron chi connectivity index (χ2n) is 4.98. The van der Waals surface area contributed by atoms with Gasteiger partial charge in [-0.15, -0.1) is 0 Å². The first-order valence-electron chi connectivity index (χ1n) is 8.58. The summed E-state index contributed by atoms with van der Waals surface area (Å²) >= 11 is 0. The SMILES string of the molecule is CCOP(=O)(OCC)C(OB1OC(=O)C(P(=O)(OCC)OCC)O1)C(=O)OC. The van der Waals surface area contributed by atoms with Crippen LogP contribution in [0, 0.1) is 0 Å². The van der Waals surface area contributed by atoms with E-state index in [4.69, 9.17) is 32.1 Å². The molecule has 0 N–H and O–H groups in total. The number of rotatable bonds is 13. The van der Waals surface area contributed by atoms with Crippen molar-refractivity contribution < 1.29 is 55.5 Å². The Morgan fingerprint density at radius 1 is 1.04 bits per heavy atom. The van der Waals surface area contributed by atoms with Crippen molar-refractivity contribution in [2.45, 2.75) is 39.4 Å². The van der Waals surface area contributed by atoms with Gasteiger partial charge in [-0.05, 0) is 27.7 Å². The molecular weight excluding hydrogens is 421 g/mol. The summed E-state index contributed by atoms with van der Waals surface area (Å²) in [5.74, 6) is -5.85. The number of ether oxygens (including phenoxy) is 1. The molecule has 0 spiro atoms. The molecule has 2 unspecified atom stereocenters. The molecule has 1 aliphatic rings. The molecule has 0 bridgehead atoms. The van der Waals surface area contributed by atoms with Crippen LogP contribution >= 0.6 is 15.2 Å². The highest BCUT2D eigenvalue weighted by molar-refractivity contribution is 7.56. The van der Waals surface area contributed by atoms with E-state index in [1.54, 1.807) is 13.8 Å². The minimum absolute atomic E-state index is 0.0232. The molecule has 0 aliphatic carbocycles. The number of hydrogen-bond donors (Lipinski definition) is 0. The second-order valence-corrected chi connectivity index (χ2v) is 9.11. The standard InChI is InChI=1S/C13H25BO12P2/c1-6-20-27(17,21-7-2)12(10(15)19-5)25-14-24-11(16)13(26-14)28(18,22-8-3)23-9-4/h12-13H,6-9H2,1-5H3. The van der Waals surface area contributed by atoms with Gasteiger partial charge < -0.3 is 36.8 Å². The van der Waals surface area contributed by atoms with Gasteiger partial charge in [0.25, 0.3) is 0 Å². The van der Waals surface area contributed by atoms with Crippen molar-refractivity contribution in [3.8, 4) is 0 Å². The third kappa shape index (κ3) is 6.11. The molecule has 162 valence electrons. The Morgan fingerprint density at radius 2 is 1.54 bits per heavy atom. The van der Waals surface area contributed by atoms with E-state index < -0.39 is 46.1 Å². The Kier molecular flexibility index (Phi) is 10.3. The lowest BCUT2D eigenvalue weighted by molar-refractivity contribution is -0.147. The van der Waals surface area contributed by atoms with E-state index in [0.29, 0.717) is 0 Å². The Morgan fingerprint density at radius 3 is 1.96 bits per heavy atom. The fourth-order valence-electron chi connectivity index (χ4n) is 2.14. The van der Waals surface area contributed by atoms with E-state index >= 15 is 0 Å². The van der Waals surface area contributed by atoms with Crippen molar-refractivity contribution >= 4 is 34.5 Å². The van der Waals surface area contributed by atoms with Crippen LogP contribution in [0.3, 0.4) is 0 Å². The monoisotopic (exact) mass is 446 g/mol.